The van der Waals surface area contributed by atoms with Crippen LogP contribution in [0.4, 0.5) is 4.39 Å². The van der Waals surface area contributed by atoms with Crippen molar-refractivity contribution in [3.05, 3.63) is 35.6 Å². The first-order valence-corrected chi connectivity index (χ1v) is 5.78. The molecule has 0 aliphatic carbocycles. The van der Waals surface area contributed by atoms with Gasteiger partial charge in [-0.15, -0.1) is 0 Å². The molecule has 0 spiro atoms. The molecule has 1 aromatic carbocycles. The lowest BCUT2D eigenvalue weighted by Crippen LogP contribution is -2.24. The van der Waals surface area contributed by atoms with Crippen LogP contribution < -0.4 is 5.32 Å². The highest BCUT2D eigenvalue weighted by Crippen LogP contribution is 2.03. The van der Waals surface area contributed by atoms with Crippen molar-refractivity contribution in [2.24, 2.45) is 0 Å². The van der Waals surface area contributed by atoms with Crippen LogP contribution >= 0.6 is 0 Å². The van der Waals surface area contributed by atoms with Crippen LogP contribution in [0.25, 0.3) is 0 Å². The maximum Gasteiger partial charge on any atom is 0.251 e. The predicted molar refractivity (Wildman–Crippen MR) is 62.9 cm³/mol. The van der Waals surface area contributed by atoms with Gasteiger partial charge in [-0.25, -0.2) is 4.39 Å². The minimum atomic E-state index is -0.320. The van der Waals surface area contributed by atoms with Gasteiger partial charge in [-0.2, -0.15) is 0 Å². The largest absolute Gasteiger partial charge is 0.352 e. The first-order chi connectivity index (χ1) is 7.74. The zero-order chi connectivity index (χ0) is 11.8. The summed E-state index contributed by atoms with van der Waals surface area (Å²) in [4.78, 5) is 11.6. The van der Waals surface area contributed by atoms with Crippen LogP contribution in [0, 0.1) is 5.82 Å². The van der Waals surface area contributed by atoms with Gasteiger partial charge >= 0.3 is 0 Å². The first-order valence-electron chi connectivity index (χ1n) is 5.78. The fourth-order valence-corrected chi connectivity index (χ4v) is 1.46. The molecule has 88 valence electrons. The van der Waals surface area contributed by atoms with Crippen molar-refractivity contribution in [1.82, 2.24) is 5.32 Å². The minimum absolute atomic E-state index is 0.128. The van der Waals surface area contributed by atoms with E-state index >= 15 is 0 Å². The van der Waals surface area contributed by atoms with Crippen molar-refractivity contribution in [2.45, 2.75) is 32.6 Å². The van der Waals surface area contributed by atoms with Gasteiger partial charge in [-0.05, 0) is 30.7 Å². The smallest absolute Gasteiger partial charge is 0.251 e. The number of benzene rings is 1. The summed E-state index contributed by atoms with van der Waals surface area (Å²) in [5, 5.41) is 2.82. The quantitative estimate of drug-likeness (QED) is 0.737. The van der Waals surface area contributed by atoms with E-state index in [9.17, 15) is 9.18 Å². The van der Waals surface area contributed by atoms with Crippen molar-refractivity contribution in [3.8, 4) is 0 Å². The van der Waals surface area contributed by atoms with E-state index < -0.39 is 0 Å². The molecule has 0 saturated heterocycles. The third-order valence-corrected chi connectivity index (χ3v) is 2.42. The van der Waals surface area contributed by atoms with Crippen molar-refractivity contribution in [2.75, 3.05) is 6.54 Å². The number of carbonyl (C=O) groups excluding carboxylic acids is 1. The Morgan fingerprint density at radius 1 is 1.19 bits per heavy atom. The van der Waals surface area contributed by atoms with Gasteiger partial charge in [0.05, 0.1) is 0 Å². The first kappa shape index (κ1) is 12.7. The number of carbonyl (C=O) groups is 1. The average Bonchev–Trinajstić information content (AvgIpc) is 2.29. The second kappa shape index (κ2) is 6.99. The van der Waals surface area contributed by atoms with Gasteiger partial charge in [0.1, 0.15) is 5.82 Å². The van der Waals surface area contributed by atoms with E-state index in [4.69, 9.17) is 0 Å². The summed E-state index contributed by atoms with van der Waals surface area (Å²) in [6.07, 6.45) is 4.53. The molecule has 1 aromatic rings. The molecular weight excluding hydrogens is 205 g/mol. The number of hydrogen-bond donors (Lipinski definition) is 1. The summed E-state index contributed by atoms with van der Waals surface area (Å²) in [7, 11) is 0. The molecule has 1 amide bonds. The van der Waals surface area contributed by atoms with Crippen LogP contribution in [-0.4, -0.2) is 12.5 Å². The van der Waals surface area contributed by atoms with Crippen LogP contribution in [0.15, 0.2) is 24.3 Å². The average molecular weight is 223 g/mol. The third-order valence-electron chi connectivity index (χ3n) is 2.42. The standard InChI is InChI=1S/C13H18FNO/c1-2-3-4-5-10-15-13(16)11-6-8-12(14)9-7-11/h6-9H,2-5,10H2,1H3,(H,15,16). The Balaban J connectivity index is 2.27. The molecule has 1 N–H and O–H groups in total. The summed E-state index contributed by atoms with van der Waals surface area (Å²) in [5.41, 5.74) is 0.511. The van der Waals surface area contributed by atoms with Gasteiger partial charge in [-0.1, -0.05) is 26.2 Å². The molecule has 0 atom stereocenters. The van der Waals surface area contributed by atoms with E-state index in [1.807, 2.05) is 0 Å². The fourth-order valence-electron chi connectivity index (χ4n) is 1.46. The van der Waals surface area contributed by atoms with E-state index in [1.54, 1.807) is 0 Å². The summed E-state index contributed by atoms with van der Waals surface area (Å²) in [6, 6.07) is 5.59. The van der Waals surface area contributed by atoms with Crippen molar-refractivity contribution in [1.29, 1.82) is 0 Å². The monoisotopic (exact) mass is 223 g/mol. The lowest BCUT2D eigenvalue weighted by molar-refractivity contribution is 0.0953. The highest BCUT2D eigenvalue weighted by atomic mass is 19.1. The zero-order valence-electron chi connectivity index (χ0n) is 9.63. The highest BCUT2D eigenvalue weighted by molar-refractivity contribution is 5.94. The van der Waals surface area contributed by atoms with Gasteiger partial charge in [0.15, 0.2) is 0 Å². The molecule has 0 heterocycles. The Morgan fingerprint density at radius 2 is 1.88 bits per heavy atom. The van der Waals surface area contributed by atoms with Gasteiger partial charge in [0.25, 0.3) is 5.91 Å². The van der Waals surface area contributed by atoms with E-state index in [2.05, 4.69) is 12.2 Å². The fraction of sp³-hybridized carbons (Fsp3) is 0.462. The Bertz CT molecular complexity index is 321. The number of halogens is 1. The molecule has 3 heteroatoms. The lowest BCUT2D eigenvalue weighted by Gasteiger charge is -2.04. The van der Waals surface area contributed by atoms with Crippen LogP contribution in [0.5, 0.6) is 0 Å². The maximum absolute atomic E-state index is 12.6. The number of hydrogen-bond acceptors (Lipinski definition) is 1. The van der Waals surface area contributed by atoms with Crippen molar-refractivity contribution in [3.63, 3.8) is 0 Å². The van der Waals surface area contributed by atoms with E-state index in [-0.39, 0.29) is 11.7 Å². The molecule has 0 aliphatic rings. The summed E-state index contributed by atoms with van der Waals surface area (Å²) in [6.45, 7) is 2.84. The highest BCUT2D eigenvalue weighted by Gasteiger charge is 2.03. The third kappa shape index (κ3) is 4.43. The van der Waals surface area contributed by atoms with Crippen LogP contribution in [0.3, 0.4) is 0 Å². The molecule has 0 aliphatic heterocycles. The van der Waals surface area contributed by atoms with E-state index in [1.165, 1.54) is 37.1 Å². The zero-order valence-corrected chi connectivity index (χ0v) is 9.63. The molecular formula is C13H18FNO. The van der Waals surface area contributed by atoms with Crippen LogP contribution in [0.2, 0.25) is 0 Å². The van der Waals surface area contributed by atoms with Gasteiger partial charge < -0.3 is 5.32 Å². The molecule has 0 unspecified atom stereocenters. The Hall–Kier alpha value is -1.38. The van der Waals surface area contributed by atoms with Crippen molar-refractivity contribution < 1.29 is 9.18 Å². The number of unbranched alkanes of at least 4 members (excludes halogenated alkanes) is 3. The van der Waals surface area contributed by atoms with Crippen LogP contribution in [-0.2, 0) is 0 Å². The normalized spacial score (nSPS) is 10.1. The molecule has 2 nitrogen and oxygen atoms in total. The summed E-state index contributed by atoms with van der Waals surface area (Å²) >= 11 is 0. The Kier molecular flexibility index (Phi) is 5.54. The lowest BCUT2D eigenvalue weighted by atomic mass is 10.2. The minimum Gasteiger partial charge on any atom is -0.352 e. The predicted octanol–water partition coefficient (Wildman–Crippen LogP) is 3.14. The summed E-state index contributed by atoms with van der Waals surface area (Å²) in [5.74, 6) is -0.448. The summed E-state index contributed by atoms with van der Waals surface area (Å²) < 4.78 is 12.6. The molecule has 0 fully saturated rings. The Labute approximate surface area is 95.9 Å². The van der Waals surface area contributed by atoms with Crippen molar-refractivity contribution >= 4 is 5.91 Å². The molecule has 0 radical (unpaired) electrons. The number of rotatable bonds is 6. The van der Waals surface area contributed by atoms with E-state index in [0.29, 0.717) is 12.1 Å². The second-order valence-electron chi connectivity index (χ2n) is 3.82. The molecule has 0 aromatic heterocycles. The van der Waals surface area contributed by atoms with Gasteiger partial charge in [-0.3, -0.25) is 4.79 Å². The van der Waals surface area contributed by atoms with E-state index in [0.717, 1.165) is 12.8 Å². The molecule has 0 bridgehead atoms. The second-order valence-corrected chi connectivity index (χ2v) is 3.82. The molecule has 16 heavy (non-hydrogen) atoms. The number of nitrogens with one attached hydrogen (secondary N) is 1. The number of amides is 1. The van der Waals surface area contributed by atoms with Gasteiger partial charge in [0.2, 0.25) is 0 Å². The van der Waals surface area contributed by atoms with Gasteiger partial charge in [0, 0.05) is 12.1 Å². The maximum atomic E-state index is 12.6. The topological polar surface area (TPSA) is 29.1 Å². The van der Waals surface area contributed by atoms with Crippen LogP contribution in [0.1, 0.15) is 43.0 Å². The SMILES string of the molecule is CCCCCCNC(=O)c1ccc(F)cc1. The Morgan fingerprint density at radius 3 is 2.50 bits per heavy atom. The molecule has 1 rings (SSSR count). The molecule has 0 saturated carbocycles.